The fourth-order valence-electron chi connectivity index (χ4n) is 2.68. The van der Waals surface area contributed by atoms with Crippen molar-refractivity contribution in [2.24, 2.45) is 5.92 Å². The van der Waals surface area contributed by atoms with Crippen LogP contribution < -0.4 is 10.6 Å². The Morgan fingerprint density at radius 2 is 1.74 bits per heavy atom. The average molecular weight is 376 g/mol. The first-order valence-electron chi connectivity index (χ1n) is 9.49. The summed E-state index contributed by atoms with van der Waals surface area (Å²) in [4.78, 5) is 36.1. The molecular weight excluding hydrogens is 344 g/mol. The van der Waals surface area contributed by atoms with Crippen LogP contribution in [-0.4, -0.2) is 43.4 Å². The third kappa shape index (κ3) is 8.82. The van der Waals surface area contributed by atoms with Gasteiger partial charge in [0.05, 0.1) is 18.1 Å². The Morgan fingerprint density at radius 1 is 1.07 bits per heavy atom. The summed E-state index contributed by atoms with van der Waals surface area (Å²) >= 11 is 0. The Kier molecular flexibility index (Phi) is 10.3. The molecule has 6 heteroatoms. The summed E-state index contributed by atoms with van der Waals surface area (Å²) in [6, 6.07) is 9.09. The summed E-state index contributed by atoms with van der Waals surface area (Å²) in [7, 11) is 1.57. The SMILES string of the molecule is CO[C@@H](C)[C@@H](C)C(=O)N[C@@H](Cc1ccccc1)C(=O)CCCCNC(C)=O. The molecule has 0 aromatic heterocycles. The number of carbonyl (C=O) groups is 3. The number of ketones is 1. The molecule has 0 aliphatic heterocycles. The van der Waals surface area contributed by atoms with Gasteiger partial charge in [0.2, 0.25) is 11.8 Å². The molecule has 0 saturated heterocycles. The average Bonchev–Trinajstić information content (AvgIpc) is 2.66. The van der Waals surface area contributed by atoms with E-state index in [1.807, 2.05) is 37.3 Å². The molecule has 150 valence electrons. The Hall–Kier alpha value is -2.21. The topological polar surface area (TPSA) is 84.5 Å². The quantitative estimate of drug-likeness (QED) is 0.548. The second kappa shape index (κ2) is 12.2. The zero-order chi connectivity index (χ0) is 20.2. The third-order valence-corrected chi connectivity index (χ3v) is 4.70. The summed E-state index contributed by atoms with van der Waals surface area (Å²) in [6.45, 7) is 5.65. The largest absolute Gasteiger partial charge is 0.381 e. The maximum absolute atomic E-state index is 12.7. The van der Waals surface area contributed by atoms with E-state index in [1.54, 1.807) is 14.0 Å². The van der Waals surface area contributed by atoms with Crippen LogP contribution in [0.3, 0.4) is 0 Å². The number of carbonyl (C=O) groups excluding carboxylic acids is 3. The molecule has 0 fully saturated rings. The third-order valence-electron chi connectivity index (χ3n) is 4.70. The van der Waals surface area contributed by atoms with Crippen LogP contribution in [0, 0.1) is 5.92 Å². The molecule has 1 rings (SSSR count). The van der Waals surface area contributed by atoms with Crippen molar-refractivity contribution >= 4 is 17.6 Å². The molecule has 0 heterocycles. The number of rotatable bonds is 12. The van der Waals surface area contributed by atoms with E-state index in [1.165, 1.54) is 6.92 Å². The standard InChI is InChI=1S/C21H32N2O4/c1-15(16(2)27-4)21(26)23-19(14-18-10-6-5-7-11-18)20(25)12-8-9-13-22-17(3)24/h5-7,10-11,15-16,19H,8-9,12-14H2,1-4H3,(H,22,24)(H,23,26)/t15-,16+,19+/m1/s1. The van der Waals surface area contributed by atoms with Gasteiger partial charge in [-0.3, -0.25) is 14.4 Å². The van der Waals surface area contributed by atoms with E-state index in [0.29, 0.717) is 25.8 Å². The molecule has 0 saturated carbocycles. The normalized spacial score (nSPS) is 14.1. The van der Waals surface area contributed by atoms with E-state index in [-0.39, 0.29) is 29.6 Å². The second-order valence-corrected chi connectivity index (χ2v) is 6.89. The van der Waals surface area contributed by atoms with Crippen LogP contribution in [0.1, 0.15) is 45.6 Å². The van der Waals surface area contributed by atoms with Crippen LogP contribution in [0.4, 0.5) is 0 Å². The Bertz CT molecular complexity index is 603. The van der Waals surface area contributed by atoms with Gasteiger partial charge >= 0.3 is 0 Å². The van der Waals surface area contributed by atoms with E-state index >= 15 is 0 Å². The molecule has 0 aliphatic carbocycles. The van der Waals surface area contributed by atoms with Gasteiger partial charge in [0, 0.05) is 27.0 Å². The summed E-state index contributed by atoms with van der Waals surface area (Å²) in [5.41, 5.74) is 1.00. The van der Waals surface area contributed by atoms with E-state index in [4.69, 9.17) is 4.74 Å². The maximum Gasteiger partial charge on any atom is 0.226 e. The lowest BCUT2D eigenvalue weighted by Crippen LogP contribution is -2.46. The van der Waals surface area contributed by atoms with Crippen molar-refractivity contribution in [1.29, 1.82) is 0 Å². The van der Waals surface area contributed by atoms with Crippen LogP contribution in [0.2, 0.25) is 0 Å². The van der Waals surface area contributed by atoms with E-state index < -0.39 is 6.04 Å². The summed E-state index contributed by atoms with van der Waals surface area (Å²) < 4.78 is 5.22. The van der Waals surface area contributed by atoms with Gasteiger partial charge in [0.15, 0.2) is 5.78 Å². The molecule has 2 amide bonds. The highest BCUT2D eigenvalue weighted by molar-refractivity contribution is 5.90. The molecule has 0 spiro atoms. The highest BCUT2D eigenvalue weighted by atomic mass is 16.5. The lowest BCUT2D eigenvalue weighted by molar-refractivity contribution is -0.132. The smallest absolute Gasteiger partial charge is 0.226 e. The molecule has 2 N–H and O–H groups in total. The van der Waals surface area contributed by atoms with Gasteiger partial charge in [-0.15, -0.1) is 0 Å². The lowest BCUT2D eigenvalue weighted by Gasteiger charge is -2.23. The van der Waals surface area contributed by atoms with Gasteiger partial charge in [-0.1, -0.05) is 37.3 Å². The monoisotopic (exact) mass is 376 g/mol. The number of hydrogen-bond donors (Lipinski definition) is 2. The molecule has 0 aliphatic rings. The van der Waals surface area contributed by atoms with Gasteiger partial charge in [0.25, 0.3) is 0 Å². The van der Waals surface area contributed by atoms with Crippen LogP contribution in [0.5, 0.6) is 0 Å². The highest BCUT2D eigenvalue weighted by Crippen LogP contribution is 2.11. The first-order chi connectivity index (χ1) is 12.8. The van der Waals surface area contributed by atoms with Crippen LogP contribution in [-0.2, 0) is 25.5 Å². The molecule has 1 aromatic rings. The lowest BCUT2D eigenvalue weighted by atomic mass is 9.97. The van der Waals surface area contributed by atoms with Gasteiger partial charge in [0.1, 0.15) is 0 Å². The number of benzene rings is 1. The van der Waals surface area contributed by atoms with Gasteiger partial charge in [-0.05, 0) is 31.7 Å². The predicted molar refractivity (Wildman–Crippen MR) is 105 cm³/mol. The van der Waals surface area contributed by atoms with Crippen molar-refractivity contribution < 1.29 is 19.1 Å². The molecular formula is C21H32N2O4. The number of unbranched alkanes of at least 4 members (excludes halogenated alkanes) is 1. The Labute approximate surface area is 162 Å². The van der Waals surface area contributed by atoms with Crippen LogP contribution in [0.15, 0.2) is 30.3 Å². The number of nitrogens with one attached hydrogen (secondary N) is 2. The molecule has 0 radical (unpaired) electrons. The summed E-state index contributed by atoms with van der Waals surface area (Å²) in [5, 5.41) is 5.62. The molecule has 6 nitrogen and oxygen atoms in total. The van der Waals surface area contributed by atoms with Crippen molar-refractivity contribution in [3.8, 4) is 0 Å². The van der Waals surface area contributed by atoms with Crippen molar-refractivity contribution in [3.05, 3.63) is 35.9 Å². The van der Waals surface area contributed by atoms with Crippen LogP contribution >= 0.6 is 0 Å². The number of ether oxygens (including phenoxy) is 1. The minimum Gasteiger partial charge on any atom is -0.381 e. The minimum atomic E-state index is -0.563. The molecule has 3 atom stereocenters. The minimum absolute atomic E-state index is 0.00676. The van der Waals surface area contributed by atoms with Crippen molar-refractivity contribution in [3.63, 3.8) is 0 Å². The zero-order valence-corrected chi connectivity index (χ0v) is 16.8. The first-order valence-corrected chi connectivity index (χ1v) is 9.49. The van der Waals surface area contributed by atoms with Crippen molar-refractivity contribution in [2.45, 2.75) is 58.6 Å². The number of Topliss-reactive ketones (excluding diaryl/α,β-unsaturated/α-hetero) is 1. The molecule has 27 heavy (non-hydrogen) atoms. The molecule has 1 aromatic carbocycles. The van der Waals surface area contributed by atoms with E-state index in [0.717, 1.165) is 12.0 Å². The first kappa shape index (κ1) is 22.8. The number of methoxy groups -OCH3 is 1. The second-order valence-electron chi connectivity index (χ2n) is 6.89. The fourth-order valence-corrected chi connectivity index (χ4v) is 2.68. The van der Waals surface area contributed by atoms with E-state index in [2.05, 4.69) is 10.6 Å². The van der Waals surface area contributed by atoms with Gasteiger partial charge in [-0.2, -0.15) is 0 Å². The highest BCUT2D eigenvalue weighted by Gasteiger charge is 2.26. The van der Waals surface area contributed by atoms with E-state index in [9.17, 15) is 14.4 Å². The Balaban J connectivity index is 2.68. The zero-order valence-electron chi connectivity index (χ0n) is 16.8. The molecule has 0 unspecified atom stereocenters. The number of hydrogen-bond acceptors (Lipinski definition) is 4. The Morgan fingerprint density at radius 3 is 2.33 bits per heavy atom. The number of amides is 2. The van der Waals surface area contributed by atoms with Crippen LogP contribution in [0.25, 0.3) is 0 Å². The summed E-state index contributed by atoms with van der Waals surface area (Å²) in [5.74, 6) is -0.596. The van der Waals surface area contributed by atoms with Crippen molar-refractivity contribution in [2.75, 3.05) is 13.7 Å². The van der Waals surface area contributed by atoms with Crippen molar-refractivity contribution in [1.82, 2.24) is 10.6 Å². The molecule has 0 bridgehead atoms. The van der Waals surface area contributed by atoms with Gasteiger partial charge in [-0.25, -0.2) is 0 Å². The van der Waals surface area contributed by atoms with Gasteiger partial charge < -0.3 is 15.4 Å². The summed E-state index contributed by atoms with van der Waals surface area (Å²) in [6.07, 6.45) is 2.00. The maximum atomic E-state index is 12.7. The fraction of sp³-hybridized carbons (Fsp3) is 0.571. The predicted octanol–water partition coefficient (Wildman–Crippen LogP) is 2.26.